The van der Waals surface area contributed by atoms with Crippen molar-refractivity contribution >= 4 is 22.2 Å². The summed E-state index contributed by atoms with van der Waals surface area (Å²) in [6.45, 7) is 4.65. The predicted molar refractivity (Wildman–Crippen MR) is 148 cm³/mol. The van der Waals surface area contributed by atoms with E-state index < -0.39 is 6.04 Å². The zero-order valence-corrected chi connectivity index (χ0v) is 22.1. The summed E-state index contributed by atoms with van der Waals surface area (Å²) in [5.74, 6) is 0.644. The molecule has 2 atom stereocenters. The first-order valence-corrected chi connectivity index (χ1v) is 13.8. The molecule has 6 rings (SSSR count). The number of fused-ring (bicyclic) bond motifs is 1. The van der Waals surface area contributed by atoms with E-state index in [1.54, 1.807) is 11.3 Å². The van der Waals surface area contributed by atoms with Crippen LogP contribution in [-0.2, 0) is 24.4 Å². The summed E-state index contributed by atoms with van der Waals surface area (Å²) < 4.78 is 7.73. The van der Waals surface area contributed by atoms with Gasteiger partial charge in [0.25, 0.3) is 5.56 Å². The van der Waals surface area contributed by atoms with Crippen LogP contribution in [0.2, 0.25) is 0 Å². The molecule has 0 amide bonds. The first kappa shape index (κ1) is 24.7. The van der Waals surface area contributed by atoms with Gasteiger partial charge < -0.3 is 9.72 Å². The van der Waals surface area contributed by atoms with Gasteiger partial charge in [-0.1, -0.05) is 48.0 Å². The number of rotatable bonds is 9. The zero-order chi connectivity index (χ0) is 25.9. The largest absolute Gasteiger partial charge is 0.376 e. The van der Waals surface area contributed by atoms with E-state index in [4.69, 9.17) is 4.74 Å². The second kappa shape index (κ2) is 11.0. The number of pyridine rings is 1. The number of aryl methyl sites for hydroxylation is 1. The minimum atomic E-state index is -0.470. The number of H-pyrrole nitrogens is 1. The first-order chi connectivity index (χ1) is 18.6. The van der Waals surface area contributed by atoms with Gasteiger partial charge in [0, 0.05) is 35.7 Å². The second-order valence-electron chi connectivity index (χ2n) is 9.87. The highest BCUT2D eigenvalue weighted by Gasteiger charge is 2.32. The summed E-state index contributed by atoms with van der Waals surface area (Å²) >= 11 is 1.70. The third-order valence-corrected chi connectivity index (χ3v) is 7.92. The molecule has 4 heterocycles. The Morgan fingerprint density at radius 1 is 1.13 bits per heavy atom. The van der Waals surface area contributed by atoms with Crippen molar-refractivity contribution in [3.63, 3.8) is 0 Å². The number of hydrogen-bond acceptors (Lipinski definition) is 7. The minimum Gasteiger partial charge on any atom is -0.376 e. The fourth-order valence-electron chi connectivity index (χ4n) is 5.22. The van der Waals surface area contributed by atoms with Crippen LogP contribution in [-0.4, -0.2) is 42.8 Å². The van der Waals surface area contributed by atoms with E-state index in [9.17, 15) is 4.79 Å². The van der Waals surface area contributed by atoms with Gasteiger partial charge in [-0.05, 0) is 70.8 Å². The van der Waals surface area contributed by atoms with Crippen molar-refractivity contribution < 1.29 is 4.74 Å². The zero-order valence-electron chi connectivity index (χ0n) is 21.3. The SMILES string of the molecule is Cc1ccc2[nH]c(=O)c([C@H](c3nnnn3C[C@H]3CCCO3)N(Cc3ccccc3)Cc3cccs3)cc2c1. The molecule has 0 radical (unpaired) electrons. The fourth-order valence-corrected chi connectivity index (χ4v) is 5.95. The smallest absolute Gasteiger partial charge is 0.253 e. The third kappa shape index (κ3) is 5.31. The van der Waals surface area contributed by atoms with Crippen LogP contribution >= 0.6 is 11.3 Å². The van der Waals surface area contributed by atoms with E-state index in [2.05, 4.69) is 68.0 Å². The van der Waals surface area contributed by atoms with Crippen molar-refractivity contribution in [2.75, 3.05) is 6.61 Å². The molecular weight excluding hydrogens is 496 g/mol. The molecule has 9 heteroatoms. The Balaban J connectivity index is 1.50. The van der Waals surface area contributed by atoms with Gasteiger partial charge in [-0.3, -0.25) is 9.69 Å². The van der Waals surface area contributed by atoms with Crippen molar-refractivity contribution in [1.82, 2.24) is 30.1 Å². The van der Waals surface area contributed by atoms with Crippen LogP contribution in [0.4, 0.5) is 0 Å². The molecule has 1 fully saturated rings. The van der Waals surface area contributed by atoms with Gasteiger partial charge in [0.05, 0.1) is 12.6 Å². The summed E-state index contributed by atoms with van der Waals surface area (Å²) in [5.41, 5.74) is 3.59. The normalized spacial score (nSPS) is 16.4. The summed E-state index contributed by atoms with van der Waals surface area (Å²) in [6.07, 6.45) is 2.08. The first-order valence-electron chi connectivity index (χ1n) is 13.0. The average Bonchev–Trinajstić information content (AvgIpc) is 3.70. The number of ether oxygens (including phenoxy) is 1. The number of hydrogen-bond donors (Lipinski definition) is 1. The van der Waals surface area contributed by atoms with Crippen LogP contribution in [0.3, 0.4) is 0 Å². The fraction of sp³-hybridized carbons (Fsp3) is 0.310. The summed E-state index contributed by atoms with van der Waals surface area (Å²) in [7, 11) is 0. The Morgan fingerprint density at radius 2 is 2.03 bits per heavy atom. The lowest BCUT2D eigenvalue weighted by Gasteiger charge is -2.31. The minimum absolute atomic E-state index is 0.0651. The van der Waals surface area contributed by atoms with Crippen molar-refractivity contribution in [3.05, 3.63) is 110 Å². The lowest BCUT2D eigenvalue weighted by Crippen LogP contribution is -2.35. The van der Waals surface area contributed by atoms with Gasteiger partial charge in [-0.2, -0.15) is 0 Å². The van der Waals surface area contributed by atoms with Crippen molar-refractivity contribution in [2.45, 2.75) is 51.5 Å². The molecule has 3 aromatic heterocycles. The third-order valence-electron chi connectivity index (χ3n) is 7.06. The Hall–Kier alpha value is -3.66. The average molecular weight is 527 g/mol. The maximum Gasteiger partial charge on any atom is 0.253 e. The summed E-state index contributed by atoms with van der Waals surface area (Å²) in [6, 6.07) is 22.1. The Labute approximate surface area is 224 Å². The van der Waals surface area contributed by atoms with Gasteiger partial charge in [0.2, 0.25) is 0 Å². The van der Waals surface area contributed by atoms with E-state index in [-0.39, 0.29) is 11.7 Å². The summed E-state index contributed by atoms with van der Waals surface area (Å²) in [4.78, 5) is 20.3. The molecular formula is C29H30N6O2S. The number of aromatic nitrogens is 5. The predicted octanol–water partition coefficient (Wildman–Crippen LogP) is 4.86. The van der Waals surface area contributed by atoms with E-state index in [0.717, 1.165) is 41.5 Å². The van der Waals surface area contributed by atoms with Crippen LogP contribution in [0, 0.1) is 6.92 Å². The van der Waals surface area contributed by atoms with Gasteiger partial charge >= 0.3 is 0 Å². The second-order valence-corrected chi connectivity index (χ2v) is 10.9. The Bertz CT molecular complexity index is 1560. The molecule has 0 spiro atoms. The number of nitrogens with zero attached hydrogens (tertiary/aromatic N) is 5. The van der Waals surface area contributed by atoms with Crippen LogP contribution in [0.15, 0.2) is 76.9 Å². The lowest BCUT2D eigenvalue weighted by atomic mass is 10.0. The molecule has 5 aromatic rings. The Kier molecular flexibility index (Phi) is 7.13. The van der Waals surface area contributed by atoms with Crippen molar-refractivity contribution in [2.24, 2.45) is 0 Å². The van der Waals surface area contributed by atoms with E-state index in [0.29, 0.717) is 31.0 Å². The molecule has 1 aliphatic rings. The molecule has 0 bridgehead atoms. The molecule has 1 saturated heterocycles. The molecule has 1 aliphatic heterocycles. The van der Waals surface area contributed by atoms with Crippen LogP contribution in [0.25, 0.3) is 10.9 Å². The van der Waals surface area contributed by atoms with Crippen LogP contribution in [0.5, 0.6) is 0 Å². The number of benzene rings is 2. The molecule has 0 unspecified atom stereocenters. The van der Waals surface area contributed by atoms with E-state index in [1.807, 2.05) is 41.1 Å². The number of aromatic amines is 1. The van der Waals surface area contributed by atoms with Gasteiger partial charge in [0.15, 0.2) is 5.82 Å². The van der Waals surface area contributed by atoms with E-state index in [1.165, 1.54) is 4.88 Å². The summed E-state index contributed by atoms with van der Waals surface area (Å²) in [5, 5.41) is 16.0. The topological polar surface area (TPSA) is 88.9 Å². The number of thiophene rings is 1. The quantitative estimate of drug-likeness (QED) is 0.295. The molecule has 0 aliphatic carbocycles. The molecule has 194 valence electrons. The van der Waals surface area contributed by atoms with Gasteiger partial charge in [-0.15, -0.1) is 16.4 Å². The molecule has 38 heavy (non-hydrogen) atoms. The van der Waals surface area contributed by atoms with Crippen LogP contribution < -0.4 is 5.56 Å². The standard InChI is InChI=1S/C29H30N6O2S/c1-20-11-12-26-22(15-20)16-25(29(36)30-26)27(28-31-32-33-35(28)18-23-9-5-13-37-23)34(19-24-10-6-14-38-24)17-21-7-3-2-4-8-21/h2-4,6-8,10-12,14-16,23,27H,5,9,13,17-19H2,1H3,(H,30,36)/t23-,27-/m1/s1. The van der Waals surface area contributed by atoms with Crippen molar-refractivity contribution in [3.8, 4) is 0 Å². The van der Waals surface area contributed by atoms with Crippen LogP contribution in [0.1, 0.15) is 46.3 Å². The highest BCUT2D eigenvalue weighted by molar-refractivity contribution is 7.09. The highest BCUT2D eigenvalue weighted by atomic mass is 32.1. The Morgan fingerprint density at radius 3 is 2.82 bits per heavy atom. The molecule has 2 aromatic carbocycles. The molecule has 8 nitrogen and oxygen atoms in total. The van der Waals surface area contributed by atoms with E-state index >= 15 is 0 Å². The molecule has 0 saturated carbocycles. The van der Waals surface area contributed by atoms with Crippen molar-refractivity contribution in [1.29, 1.82) is 0 Å². The number of nitrogens with one attached hydrogen (secondary N) is 1. The lowest BCUT2D eigenvalue weighted by molar-refractivity contribution is 0.0904. The highest BCUT2D eigenvalue weighted by Crippen LogP contribution is 2.31. The maximum atomic E-state index is 13.7. The maximum absolute atomic E-state index is 13.7. The monoisotopic (exact) mass is 526 g/mol. The van der Waals surface area contributed by atoms with Gasteiger partial charge in [-0.25, -0.2) is 4.68 Å². The number of tetrazole rings is 1. The van der Waals surface area contributed by atoms with Gasteiger partial charge in [0.1, 0.15) is 6.04 Å². The molecule has 1 N–H and O–H groups in total.